The summed E-state index contributed by atoms with van der Waals surface area (Å²) in [6.45, 7) is 0. The summed E-state index contributed by atoms with van der Waals surface area (Å²) in [5, 5.41) is 14.1. The highest BCUT2D eigenvalue weighted by molar-refractivity contribution is 5.97. The maximum atomic E-state index is 12.8. The van der Waals surface area contributed by atoms with Crippen molar-refractivity contribution in [3.8, 4) is 16.9 Å². The first-order valence-electron chi connectivity index (χ1n) is 8.52. The number of rotatable bonds is 6. The number of aromatic nitrogens is 1. The topological polar surface area (TPSA) is 101 Å². The van der Waals surface area contributed by atoms with Crippen LogP contribution in [0.3, 0.4) is 0 Å². The predicted octanol–water partition coefficient (Wildman–Crippen LogP) is 3.70. The number of benzene rings is 2. The molecule has 0 aliphatic heterocycles. The van der Waals surface area contributed by atoms with E-state index in [-0.39, 0.29) is 0 Å². The van der Waals surface area contributed by atoms with Gasteiger partial charge in [-0.15, -0.1) is 0 Å². The van der Waals surface area contributed by atoms with Gasteiger partial charge in [0.1, 0.15) is 11.8 Å². The zero-order chi connectivity index (χ0) is 19.9. The van der Waals surface area contributed by atoms with Crippen LogP contribution in [-0.2, 0) is 4.79 Å². The van der Waals surface area contributed by atoms with Crippen LogP contribution in [0.5, 0.6) is 5.75 Å². The third-order valence-corrected chi connectivity index (χ3v) is 4.15. The zero-order valence-electron chi connectivity index (χ0n) is 15.1. The number of ether oxygens (including phenoxy) is 1. The van der Waals surface area contributed by atoms with Crippen molar-refractivity contribution >= 4 is 17.7 Å². The minimum Gasteiger partial charge on any atom is -0.496 e. The van der Waals surface area contributed by atoms with Gasteiger partial charge in [0.05, 0.1) is 7.11 Å². The fourth-order valence-electron chi connectivity index (χ4n) is 2.82. The van der Waals surface area contributed by atoms with Crippen LogP contribution in [0, 0.1) is 0 Å². The van der Waals surface area contributed by atoms with Crippen molar-refractivity contribution < 1.29 is 19.4 Å². The maximum absolute atomic E-state index is 12.8. The standard InChI is InChI=1S/C21H19N3O4/c1-28-18-5-3-2-4-17(18)19(24-21(26)27)20(25)23-16-8-6-14(7-9-16)15-10-12-22-13-11-15/h2-13,19,24H,1H3,(H,23,25)(H,26,27). The van der Waals surface area contributed by atoms with E-state index in [0.29, 0.717) is 17.0 Å². The number of nitrogens with one attached hydrogen (secondary N) is 2. The first-order valence-corrected chi connectivity index (χ1v) is 8.52. The molecule has 3 rings (SSSR count). The van der Waals surface area contributed by atoms with Gasteiger partial charge in [-0.2, -0.15) is 0 Å². The highest BCUT2D eigenvalue weighted by Gasteiger charge is 2.25. The normalized spacial score (nSPS) is 11.3. The van der Waals surface area contributed by atoms with Gasteiger partial charge in [-0.05, 0) is 41.5 Å². The van der Waals surface area contributed by atoms with Crippen LogP contribution in [0.4, 0.5) is 10.5 Å². The van der Waals surface area contributed by atoms with Gasteiger partial charge in [0.25, 0.3) is 5.91 Å². The van der Waals surface area contributed by atoms with Crippen molar-refractivity contribution in [1.82, 2.24) is 10.3 Å². The highest BCUT2D eigenvalue weighted by Crippen LogP contribution is 2.27. The van der Waals surface area contributed by atoms with E-state index in [2.05, 4.69) is 15.6 Å². The van der Waals surface area contributed by atoms with Gasteiger partial charge >= 0.3 is 6.09 Å². The predicted molar refractivity (Wildman–Crippen MR) is 105 cm³/mol. The third kappa shape index (κ3) is 4.45. The Hall–Kier alpha value is -3.87. The SMILES string of the molecule is COc1ccccc1C(NC(=O)O)C(=O)Nc1ccc(-c2ccncc2)cc1. The maximum Gasteiger partial charge on any atom is 0.405 e. The Morgan fingerprint density at radius 1 is 0.964 bits per heavy atom. The molecule has 0 saturated carbocycles. The molecule has 2 amide bonds. The first-order chi connectivity index (χ1) is 13.6. The number of carbonyl (C=O) groups is 2. The quantitative estimate of drug-likeness (QED) is 0.608. The molecule has 1 atom stereocenters. The molecule has 28 heavy (non-hydrogen) atoms. The Balaban J connectivity index is 1.81. The molecule has 0 saturated heterocycles. The number of amides is 2. The number of carboxylic acid groups (broad SMARTS) is 1. The second-order valence-electron chi connectivity index (χ2n) is 5.93. The average Bonchev–Trinajstić information content (AvgIpc) is 2.73. The van der Waals surface area contributed by atoms with Gasteiger partial charge < -0.3 is 20.5 Å². The van der Waals surface area contributed by atoms with E-state index >= 15 is 0 Å². The molecular weight excluding hydrogens is 358 g/mol. The molecule has 7 nitrogen and oxygen atoms in total. The van der Waals surface area contributed by atoms with Crippen LogP contribution in [0.1, 0.15) is 11.6 Å². The van der Waals surface area contributed by atoms with Gasteiger partial charge in [0.2, 0.25) is 0 Å². The summed E-state index contributed by atoms with van der Waals surface area (Å²) in [6.07, 6.45) is 2.11. The van der Waals surface area contributed by atoms with Crippen LogP contribution >= 0.6 is 0 Å². The van der Waals surface area contributed by atoms with Crippen molar-refractivity contribution in [2.45, 2.75) is 6.04 Å². The van der Waals surface area contributed by atoms with E-state index < -0.39 is 18.0 Å². The van der Waals surface area contributed by atoms with Gasteiger partial charge in [-0.25, -0.2) is 4.79 Å². The number of para-hydroxylation sites is 1. The summed E-state index contributed by atoms with van der Waals surface area (Å²) >= 11 is 0. The molecule has 1 aromatic heterocycles. The molecule has 0 spiro atoms. The fourth-order valence-corrected chi connectivity index (χ4v) is 2.82. The largest absolute Gasteiger partial charge is 0.496 e. The van der Waals surface area contributed by atoms with Crippen LogP contribution in [-0.4, -0.2) is 29.2 Å². The minimum atomic E-state index is -1.31. The lowest BCUT2D eigenvalue weighted by Crippen LogP contribution is -2.36. The number of anilines is 1. The lowest BCUT2D eigenvalue weighted by molar-refractivity contribution is -0.118. The molecule has 0 radical (unpaired) electrons. The molecule has 142 valence electrons. The lowest BCUT2D eigenvalue weighted by atomic mass is 10.0. The van der Waals surface area contributed by atoms with E-state index in [9.17, 15) is 9.59 Å². The molecule has 2 aromatic carbocycles. The zero-order valence-corrected chi connectivity index (χ0v) is 15.1. The van der Waals surface area contributed by atoms with Crippen molar-refractivity contribution in [2.75, 3.05) is 12.4 Å². The molecular formula is C21H19N3O4. The van der Waals surface area contributed by atoms with E-state index in [4.69, 9.17) is 9.84 Å². The molecule has 0 aliphatic carbocycles. The van der Waals surface area contributed by atoms with Crippen molar-refractivity contribution in [3.05, 3.63) is 78.6 Å². The average molecular weight is 377 g/mol. The molecule has 1 unspecified atom stereocenters. The van der Waals surface area contributed by atoms with Gasteiger partial charge in [-0.1, -0.05) is 30.3 Å². The number of pyridine rings is 1. The number of methoxy groups -OCH3 is 1. The monoisotopic (exact) mass is 377 g/mol. The lowest BCUT2D eigenvalue weighted by Gasteiger charge is -2.19. The van der Waals surface area contributed by atoms with Crippen LogP contribution < -0.4 is 15.4 Å². The minimum absolute atomic E-state index is 0.421. The van der Waals surface area contributed by atoms with Crippen molar-refractivity contribution in [2.24, 2.45) is 0 Å². The van der Waals surface area contributed by atoms with Crippen LogP contribution in [0.15, 0.2) is 73.1 Å². The van der Waals surface area contributed by atoms with Crippen LogP contribution in [0.25, 0.3) is 11.1 Å². The summed E-state index contributed by atoms with van der Waals surface area (Å²) in [4.78, 5) is 28.0. The second-order valence-corrected chi connectivity index (χ2v) is 5.93. The van der Waals surface area contributed by atoms with Crippen LogP contribution in [0.2, 0.25) is 0 Å². The van der Waals surface area contributed by atoms with Gasteiger partial charge in [0.15, 0.2) is 0 Å². The van der Waals surface area contributed by atoms with Gasteiger partial charge in [0, 0.05) is 23.6 Å². The van der Waals surface area contributed by atoms with E-state index in [1.165, 1.54) is 7.11 Å². The Labute approximate surface area is 162 Å². The smallest absolute Gasteiger partial charge is 0.405 e. The van der Waals surface area contributed by atoms with Crippen molar-refractivity contribution in [1.29, 1.82) is 0 Å². The van der Waals surface area contributed by atoms with E-state index in [1.807, 2.05) is 24.3 Å². The molecule has 3 aromatic rings. The summed E-state index contributed by atoms with van der Waals surface area (Å²) in [5.74, 6) is -0.0898. The summed E-state index contributed by atoms with van der Waals surface area (Å²) in [5.41, 5.74) is 2.96. The number of hydrogen-bond acceptors (Lipinski definition) is 4. The van der Waals surface area contributed by atoms with E-state index in [0.717, 1.165) is 11.1 Å². The molecule has 1 heterocycles. The number of nitrogens with zero attached hydrogens (tertiary/aromatic N) is 1. The molecule has 3 N–H and O–H groups in total. The Kier molecular flexibility index (Phi) is 5.86. The molecule has 0 aliphatic rings. The Bertz CT molecular complexity index is 959. The fraction of sp³-hybridized carbons (Fsp3) is 0.0952. The third-order valence-electron chi connectivity index (χ3n) is 4.15. The number of carbonyl (C=O) groups excluding carboxylic acids is 1. The van der Waals surface area contributed by atoms with E-state index in [1.54, 1.807) is 48.8 Å². The summed E-state index contributed by atoms with van der Waals surface area (Å²) < 4.78 is 5.25. The highest BCUT2D eigenvalue weighted by atomic mass is 16.5. The Morgan fingerprint density at radius 2 is 1.61 bits per heavy atom. The number of hydrogen-bond donors (Lipinski definition) is 3. The van der Waals surface area contributed by atoms with Crippen molar-refractivity contribution in [3.63, 3.8) is 0 Å². The summed E-state index contributed by atoms with van der Waals surface area (Å²) in [6, 6.07) is 16.7. The molecule has 0 bridgehead atoms. The molecule has 7 heteroatoms. The molecule has 0 fully saturated rings. The Morgan fingerprint density at radius 3 is 2.25 bits per heavy atom. The van der Waals surface area contributed by atoms with Gasteiger partial charge in [-0.3, -0.25) is 9.78 Å². The summed E-state index contributed by atoms with van der Waals surface area (Å²) in [7, 11) is 1.46. The first kappa shape index (κ1) is 18.9. The second kappa shape index (κ2) is 8.68.